The molecule has 0 aliphatic rings. The maximum atomic E-state index is 5.96. The molecule has 0 amide bonds. The zero-order chi connectivity index (χ0) is 14.9. The minimum atomic E-state index is -0.167. The monoisotopic (exact) mass is 374 g/mol. The summed E-state index contributed by atoms with van der Waals surface area (Å²) in [5.74, 6) is 1.72. The van der Waals surface area contributed by atoms with Crippen molar-refractivity contribution in [1.82, 2.24) is 9.97 Å². The number of benzene rings is 1. The van der Waals surface area contributed by atoms with Gasteiger partial charge >= 0.3 is 0 Å². The smallest absolute Gasteiger partial charge is 0.223 e. The lowest BCUT2D eigenvalue weighted by Crippen LogP contribution is -2.16. The molecule has 0 bridgehead atoms. The highest BCUT2D eigenvalue weighted by Crippen LogP contribution is 2.30. The molecule has 0 aliphatic heterocycles. The van der Waals surface area contributed by atoms with Gasteiger partial charge in [0.1, 0.15) is 16.2 Å². The summed E-state index contributed by atoms with van der Waals surface area (Å²) in [6.07, 6.45) is 0. The largest absolute Gasteiger partial charge is 0.439 e. The summed E-state index contributed by atoms with van der Waals surface area (Å²) < 4.78 is 6.38. The number of rotatable bonds is 2. The van der Waals surface area contributed by atoms with Crippen molar-refractivity contribution in [2.45, 2.75) is 26.2 Å². The molecule has 0 saturated carbocycles. The summed E-state index contributed by atoms with van der Waals surface area (Å²) in [5.41, 5.74) is -0.167. The van der Waals surface area contributed by atoms with Crippen molar-refractivity contribution in [3.8, 4) is 11.6 Å². The molecule has 0 unspecified atom stereocenters. The summed E-state index contributed by atoms with van der Waals surface area (Å²) in [6, 6.07) is 6.77. The van der Waals surface area contributed by atoms with E-state index in [9.17, 15) is 0 Å². The molecule has 106 valence electrons. The average Bonchev–Trinajstić information content (AvgIpc) is 2.32. The molecule has 0 saturated heterocycles. The van der Waals surface area contributed by atoms with E-state index in [0.717, 1.165) is 0 Å². The third-order valence-electron chi connectivity index (χ3n) is 2.46. The third-order valence-corrected chi connectivity index (χ3v) is 3.60. The number of halogens is 3. The molecule has 6 heteroatoms. The Morgan fingerprint density at radius 2 is 1.75 bits per heavy atom. The van der Waals surface area contributed by atoms with E-state index in [2.05, 4.69) is 25.9 Å². The van der Waals surface area contributed by atoms with Crippen LogP contribution in [0.15, 0.2) is 28.9 Å². The molecule has 1 heterocycles. The summed E-state index contributed by atoms with van der Waals surface area (Å²) in [6.45, 7) is 6.12. The van der Waals surface area contributed by atoms with E-state index in [1.54, 1.807) is 24.3 Å². The fraction of sp³-hybridized carbons (Fsp3) is 0.286. The second-order valence-corrected chi connectivity index (χ2v) is 6.91. The zero-order valence-corrected chi connectivity index (χ0v) is 14.3. The van der Waals surface area contributed by atoms with Crippen molar-refractivity contribution in [3.05, 3.63) is 44.7 Å². The minimum absolute atomic E-state index is 0.167. The predicted octanol–water partition coefficient (Wildman–Crippen LogP) is 5.64. The predicted molar refractivity (Wildman–Crippen MR) is 85.0 cm³/mol. The molecule has 1 aromatic heterocycles. The van der Waals surface area contributed by atoms with Gasteiger partial charge in [-0.1, -0.05) is 44.0 Å². The Bertz CT molecular complexity index is 642. The molecule has 0 N–H and O–H groups in total. The van der Waals surface area contributed by atoms with E-state index in [1.165, 1.54) is 0 Å². The van der Waals surface area contributed by atoms with Crippen LogP contribution in [-0.2, 0) is 5.41 Å². The Hall–Kier alpha value is -0.840. The van der Waals surface area contributed by atoms with Crippen LogP contribution in [0.2, 0.25) is 10.0 Å². The van der Waals surface area contributed by atoms with E-state index in [1.807, 2.05) is 20.8 Å². The summed E-state index contributed by atoms with van der Waals surface area (Å²) in [4.78, 5) is 8.77. The first kappa shape index (κ1) is 15.5. The van der Waals surface area contributed by atoms with Crippen LogP contribution in [0.5, 0.6) is 11.6 Å². The first-order valence-corrected chi connectivity index (χ1v) is 7.48. The van der Waals surface area contributed by atoms with Crippen LogP contribution in [0.25, 0.3) is 0 Å². The van der Waals surface area contributed by atoms with Crippen LogP contribution < -0.4 is 4.74 Å². The third kappa shape index (κ3) is 3.84. The molecule has 0 radical (unpaired) electrons. The average molecular weight is 376 g/mol. The second kappa shape index (κ2) is 5.88. The number of ether oxygens (including phenoxy) is 1. The summed E-state index contributed by atoms with van der Waals surface area (Å²) >= 11 is 15.2. The molecule has 2 rings (SSSR count). The normalized spacial score (nSPS) is 11.5. The highest BCUT2D eigenvalue weighted by Gasteiger charge is 2.19. The fourth-order valence-corrected chi connectivity index (χ4v) is 2.10. The molecule has 0 atom stereocenters. The number of hydrogen-bond acceptors (Lipinski definition) is 3. The first-order chi connectivity index (χ1) is 9.25. The second-order valence-electron chi connectivity index (χ2n) is 5.28. The van der Waals surface area contributed by atoms with E-state index in [0.29, 0.717) is 32.1 Å². The van der Waals surface area contributed by atoms with Gasteiger partial charge in [-0.2, -0.15) is 4.98 Å². The van der Waals surface area contributed by atoms with Crippen molar-refractivity contribution < 1.29 is 4.74 Å². The fourth-order valence-electron chi connectivity index (χ4n) is 1.45. The molecule has 20 heavy (non-hydrogen) atoms. The van der Waals surface area contributed by atoms with Gasteiger partial charge in [0.15, 0.2) is 0 Å². The van der Waals surface area contributed by atoms with Crippen LogP contribution in [0, 0.1) is 0 Å². The molecule has 0 fully saturated rings. The Morgan fingerprint density at radius 3 is 2.35 bits per heavy atom. The topological polar surface area (TPSA) is 35.0 Å². The van der Waals surface area contributed by atoms with Crippen LogP contribution in [0.1, 0.15) is 26.6 Å². The minimum Gasteiger partial charge on any atom is -0.439 e. The maximum absolute atomic E-state index is 5.96. The molecule has 2 aromatic rings. The SMILES string of the molecule is CC(C)(C)c1nc(Br)cc(Oc2ccc(Cl)c(Cl)c2)n1. The van der Waals surface area contributed by atoms with Gasteiger partial charge < -0.3 is 4.74 Å². The molecular weight excluding hydrogens is 363 g/mol. The lowest BCUT2D eigenvalue weighted by molar-refractivity contribution is 0.444. The molecule has 3 nitrogen and oxygen atoms in total. The summed E-state index contributed by atoms with van der Waals surface area (Å²) in [5, 5.41) is 0.923. The van der Waals surface area contributed by atoms with Crippen LogP contribution in [0.3, 0.4) is 0 Å². The van der Waals surface area contributed by atoms with Gasteiger partial charge in [0.25, 0.3) is 0 Å². The van der Waals surface area contributed by atoms with E-state index < -0.39 is 0 Å². The van der Waals surface area contributed by atoms with E-state index >= 15 is 0 Å². The summed E-state index contributed by atoms with van der Waals surface area (Å²) in [7, 11) is 0. The van der Waals surface area contributed by atoms with Gasteiger partial charge in [0, 0.05) is 17.5 Å². The lowest BCUT2D eigenvalue weighted by atomic mass is 9.96. The Labute approximate surface area is 136 Å². The van der Waals surface area contributed by atoms with Crippen molar-refractivity contribution in [1.29, 1.82) is 0 Å². The van der Waals surface area contributed by atoms with Crippen LogP contribution in [-0.4, -0.2) is 9.97 Å². The number of nitrogens with zero attached hydrogens (tertiary/aromatic N) is 2. The van der Waals surface area contributed by atoms with Gasteiger partial charge in [-0.25, -0.2) is 4.98 Å². The molecular formula is C14H13BrCl2N2O. The molecule has 1 aromatic carbocycles. The van der Waals surface area contributed by atoms with Crippen LogP contribution >= 0.6 is 39.1 Å². The zero-order valence-electron chi connectivity index (χ0n) is 11.2. The maximum Gasteiger partial charge on any atom is 0.223 e. The van der Waals surface area contributed by atoms with Gasteiger partial charge in [-0.05, 0) is 28.1 Å². The van der Waals surface area contributed by atoms with Gasteiger partial charge in [0.2, 0.25) is 5.88 Å². The van der Waals surface area contributed by atoms with Gasteiger partial charge in [-0.3, -0.25) is 0 Å². The van der Waals surface area contributed by atoms with E-state index in [-0.39, 0.29) is 5.41 Å². The number of hydrogen-bond donors (Lipinski definition) is 0. The Morgan fingerprint density at radius 1 is 1.05 bits per heavy atom. The standard InChI is InChI=1S/C14H13BrCl2N2O/c1-14(2,3)13-18-11(15)7-12(19-13)20-8-4-5-9(16)10(17)6-8/h4-7H,1-3H3. The number of aromatic nitrogens is 2. The van der Waals surface area contributed by atoms with Crippen molar-refractivity contribution in [2.75, 3.05) is 0 Å². The van der Waals surface area contributed by atoms with Crippen LogP contribution in [0.4, 0.5) is 0 Å². The quantitative estimate of drug-likeness (QED) is 0.637. The van der Waals surface area contributed by atoms with Gasteiger partial charge in [-0.15, -0.1) is 0 Å². The highest BCUT2D eigenvalue weighted by molar-refractivity contribution is 9.10. The Balaban J connectivity index is 2.33. The Kier molecular flexibility index (Phi) is 4.57. The lowest BCUT2D eigenvalue weighted by Gasteiger charge is -2.17. The van der Waals surface area contributed by atoms with E-state index in [4.69, 9.17) is 27.9 Å². The van der Waals surface area contributed by atoms with Crippen molar-refractivity contribution >= 4 is 39.1 Å². The van der Waals surface area contributed by atoms with Gasteiger partial charge in [0.05, 0.1) is 10.0 Å². The van der Waals surface area contributed by atoms with Crippen molar-refractivity contribution in [2.24, 2.45) is 0 Å². The molecule has 0 spiro atoms. The first-order valence-electron chi connectivity index (χ1n) is 5.94. The molecule has 0 aliphatic carbocycles. The van der Waals surface area contributed by atoms with Crippen molar-refractivity contribution in [3.63, 3.8) is 0 Å². The highest BCUT2D eigenvalue weighted by atomic mass is 79.9.